The van der Waals surface area contributed by atoms with Gasteiger partial charge in [0, 0.05) is 18.0 Å². The predicted molar refractivity (Wildman–Crippen MR) is 51.0 cm³/mol. The lowest BCUT2D eigenvalue weighted by Crippen LogP contribution is -2.22. The summed E-state index contributed by atoms with van der Waals surface area (Å²) in [6, 6.07) is 0. The van der Waals surface area contributed by atoms with Crippen molar-refractivity contribution < 1.29 is 9.84 Å². The molecule has 1 N–H and O–H groups in total. The summed E-state index contributed by atoms with van der Waals surface area (Å²) in [6.45, 7) is 0. The van der Waals surface area contributed by atoms with Gasteiger partial charge in [-0.25, -0.2) is 0 Å². The van der Waals surface area contributed by atoms with Crippen LogP contribution in [0.5, 0.6) is 0 Å². The zero-order valence-electron chi connectivity index (χ0n) is 5.97. The lowest BCUT2D eigenvalue weighted by Gasteiger charge is -2.24. The molecule has 0 bridgehead atoms. The van der Waals surface area contributed by atoms with E-state index in [0.29, 0.717) is 6.42 Å². The average molecular weight is 284 g/mol. The lowest BCUT2D eigenvalue weighted by molar-refractivity contribution is 0.117. The van der Waals surface area contributed by atoms with E-state index in [2.05, 4.69) is 31.9 Å². The van der Waals surface area contributed by atoms with Gasteiger partial charge in [-0.15, -0.1) is 0 Å². The molecule has 62 valence electrons. The maximum Gasteiger partial charge on any atom is 0.145 e. The highest BCUT2D eigenvalue weighted by molar-refractivity contribution is 9.12. The maximum atomic E-state index is 9.17. The van der Waals surface area contributed by atoms with Gasteiger partial charge in [-0.2, -0.15) is 0 Å². The van der Waals surface area contributed by atoms with Crippen LogP contribution in [0.1, 0.15) is 6.42 Å². The molecule has 11 heavy (non-hydrogen) atoms. The Morgan fingerprint density at radius 1 is 1.73 bits per heavy atom. The average Bonchev–Trinajstić information content (AvgIpc) is 1.98. The topological polar surface area (TPSA) is 29.5 Å². The molecule has 0 radical (unpaired) electrons. The quantitative estimate of drug-likeness (QED) is 0.750. The SMILES string of the molecule is COC1(Br)C=CC(O)=C(Br)C1. The number of alkyl halides is 1. The van der Waals surface area contributed by atoms with Gasteiger partial charge in [-0.3, -0.25) is 0 Å². The normalized spacial score (nSPS) is 31.2. The van der Waals surface area contributed by atoms with Gasteiger partial charge >= 0.3 is 0 Å². The third kappa shape index (κ3) is 2.07. The fourth-order valence-corrected chi connectivity index (χ4v) is 2.13. The van der Waals surface area contributed by atoms with Gasteiger partial charge in [-0.1, -0.05) is 15.9 Å². The van der Waals surface area contributed by atoms with Crippen LogP contribution < -0.4 is 0 Å². The van der Waals surface area contributed by atoms with E-state index in [-0.39, 0.29) is 5.76 Å². The van der Waals surface area contributed by atoms with Crippen LogP contribution in [0, 0.1) is 0 Å². The second-order valence-corrected chi connectivity index (χ2v) is 4.59. The van der Waals surface area contributed by atoms with Crippen LogP contribution in [0.2, 0.25) is 0 Å². The fourth-order valence-electron chi connectivity index (χ4n) is 0.795. The van der Waals surface area contributed by atoms with Crippen LogP contribution in [0.3, 0.4) is 0 Å². The van der Waals surface area contributed by atoms with Crippen molar-refractivity contribution in [1.82, 2.24) is 0 Å². The summed E-state index contributed by atoms with van der Waals surface area (Å²) in [5.41, 5.74) is 0. The molecule has 1 atom stereocenters. The zero-order chi connectivity index (χ0) is 8.48. The Hall–Kier alpha value is 0.200. The molecular weight excluding hydrogens is 276 g/mol. The van der Waals surface area contributed by atoms with Gasteiger partial charge in [0.2, 0.25) is 0 Å². The fraction of sp³-hybridized carbons (Fsp3) is 0.429. The summed E-state index contributed by atoms with van der Waals surface area (Å²) in [5, 5.41) is 9.17. The van der Waals surface area contributed by atoms with Gasteiger partial charge in [0.25, 0.3) is 0 Å². The van der Waals surface area contributed by atoms with E-state index in [0.717, 1.165) is 4.48 Å². The second kappa shape index (κ2) is 3.29. The molecule has 0 saturated carbocycles. The zero-order valence-corrected chi connectivity index (χ0v) is 9.15. The summed E-state index contributed by atoms with van der Waals surface area (Å²) < 4.78 is 5.44. The maximum absolute atomic E-state index is 9.17. The monoisotopic (exact) mass is 282 g/mol. The molecule has 0 amide bonds. The van der Waals surface area contributed by atoms with Crippen LogP contribution in [0.25, 0.3) is 0 Å². The number of rotatable bonds is 1. The first-order valence-corrected chi connectivity index (χ1v) is 4.67. The summed E-state index contributed by atoms with van der Waals surface area (Å²) in [7, 11) is 1.61. The Balaban J connectivity index is 2.81. The second-order valence-electron chi connectivity index (χ2n) is 2.29. The lowest BCUT2D eigenvalue weighted by atomic mass is 10.1. The number of hydrogen-bond donors (Lipinski definition) is 1. The van der Waals surface area contributed by atoms with Gasteiger partial charge in [0.1, 0.15) is 10.3 Å². The number of halogens is 2. The van der Waals surface area contributed by atoms with Crippen LogP contribution in [-0.2, 0) is 4.74 Å². The van der Waals surface area contributed by atoms with Crippen LogP contribution >= 0.6 is 31.9 Å². The molecule has 0 fully saturated rings. The highest BCUT2D eigenvalue weighted by Crippen LogP contribution is 2.36. The van der Waals surface area contributed by atoms with Crippen molar-refractivity contribution in [2.24, 2.45) is 0 Å². The third-order valence-corrected chi connectivity index (χ3v) is 3.06. The smallest absolute Gasteiger partial charge is 0.145 e. The van der Waals surface area contributed by atoms with E-state index in [4.69, 9.17) is 4.74 Å². The van der Waals surface area contributed by atoms with Gasteiger partial charge in [0.05, 0.1) is 0 Å². The Morgan fingerprint density at radius 2 is 2.36 bits per heavy atom. The first-order valence-electron chi connectivity index (χ1n) is 3.08. The van der Waals surface area contributed by atoms with Crippen molar-refractivity contribution in [1.29, 1.82) is 0 Å². The summed E-state index contributed by atoms with van der Waals surface area (Å²) >= 11 is 6.62. The van der Waals surface area contributed by atoms with Crippen molar-refractivity contribution in [2.45, 2.75) is 10.9 Å². The van der Waals surface area contributed by atoms with E-state index in [1.165, 1.54) is 0 Å². The number of aliphatic hydroxyl groups excluding tert-OH is 1. The Labute approximate surface area is 82.2 Å². The van der Waals surface area contributed by atoms with Crippen molar-refractivity contribution in [3.8, 4) is 0 Å². The number of allylic oxidation sites excluding steroid dienone is 1. The van der Waals surface area contributed by atoms with E-state index >= 15 is 0 Å². The van der Waals surface area contributed by atoms with E-state index in [1.807, 2.05) is 0 Å². The van der Waals surface area contributed by atoms with E-state index in [1.54, 1.807) is 19.3 Å². The van der Waals surface area contributed by atoms with E-state index in [9.17, 15) is 5.11 Å². The van der Waals surface area contributed by atoms with Crippen LogP contribution in [0.4, 0.5) is 0 Å². The molecule has 1 rings (SSSR count). The predicted octanol–water partition coefficient (Wildman–Crippen LogP) is 2.85. The summed E-state index contributed by atoms with van der Waals surface area (Å²) in [4.78, 5) is 0. The van der Waals surface area contributed by atoms with Crippen molar-refractivity contribution >= 4 is 31.9 Å². The molecule has 1 unspecified atom stereocenters. The molecule has 0 aromatic heterocycles. The Morgan fingerprint density at radius 3 is 2.82 bits per heavy atom. The van der Waals surface area contributed by atoms with Gasteiger partial charge < -0.3 is 9.84 Å². The first kappa shape index (κ1) is 9.29. The number of aliphatic hydroxyl groups is 1. The molecule has 0 aliphatic heterocycles. The molecule has 0 aromatic carbocycles. The molecule has 0 saturated heterocycles. The summed E-state index contributed by atoms with van der Waals surface area (Å²) in [6.07, 6.45) is 3.98. The van der Waals surface area contributed by atoms with Crippen molar-refractivity contribution in [2.75, 3.05) is 7.11 Å². The van der Waals surface area contributed by atoms with E-state index < -0.39 is 4.51 Å². The molecule has 2 nitrogen and oxygen atoms in total. The minimum atomic E-state index is -0.460. The van der Waals surface area contributed by atoms with Gasteiger partial charge in [-0.05, 0) is 28.1 Å². The largest absolute Gasteiger partial charge is 0.507 e. The van der Waals surface area contributed by atoms with Crippen molar-refractivity contribution in [3.05, 3.63) is 22.4 Å². The number of hydrogen-bond acceptors (Lipinski definition) is 2. The highest BCUT2D eigenvalue weighted by atomic mass is 79.9. The van der Waals surface area contributed by atoms with Crippen LogP contribution in [-0.4, -0.2) is 16.7 Å². The first-order chi connectivity index (χ1) is 5.07. The number of methoxy groups -OCH3 is 1. The molecule has 1 aliphatic rings. The molecule has 0 spiro atoms. The number of ether oxygens (including phenoxy) is 1. The minimum Gasteiger partial charge on any atom is -0.507 e. The highest BCUT2D eigenvalue weighted by Gasteiger charge is 2.27. The standard InChI is InChI=1S/C7H8Br2O2/c1-11-7(9)3-2-6(10)5(8)4-7/h2-3,10H,4H2,1H3. The Kier molecular flexibility index (Phi) is 2.78. The molecule has 1 aliphatic carbocycles. The molecule has 0 aromatic rings. The Bertz CT molecular complexity index is 222. The van der Waals surface area contributed by atoms with Crippen molar-refractivity contribution in [3.63, 3.8) is 0 Å². The van der Waals surface area contributed by atoms with Gasteiger partial charge in [0.15, 0.2) is 0 Å². The molecule has 4 heteroatoms. The molecule has 0 heterocycles. The summed E-state index contributed by atoms with van der Waals surface area (Å²) in [5.74, 6) is 0.261. The third-order valence-electron chi connectivity index (χ3n) is 1.50. The minimum absolute atomic E-state index is 0.261. The molecular formula is C7H8Br2O2. The van der Waals surface area contributed by atoms with Crippen LogP contribution in [0.15, 0.2) is 22.4 Å².